The van der Waals surface area contributed by atoms with Crippen LogP contribution in [0.3, 0.4) is 0 Å². The molecule has 15 heavy (non-hydrogen) atoms. The molecule has 1 aromatic carbocycles. The smallest absolute Gasteiger partial charge is 0.120 e. The van der Waals surface area contributed by atoms with E-state index in [2.05, 4.69) is 42.5 Å². The molecule has 0 saturated heterocycles. The van der Waals surface area contributed by atoms with Gasteiger partial charge in [-0.25, -0.2) is 0 Å². The van der Waals surface area contributed by atoms with Gasteiger partial charge in [0.1, 0.15) is 12.4 Å². The van der Waals surface area contributed by atoms with Crippen LogP contribution in [-0.4, -0.2) is 11.2 Å². The lowest BCUT2D eigenvalue weighted by Gasteiger charge is -2.04. The van der Waals surface area contributed by atoms with Crippen molar-refractivity contribution in [2.24, 2.45) is 0 Å². The fourth-order valence-electron chi connectivity index (χ4n) is 1.70. The maximum absolute atomic E-state index is 5.48. The molecular weight excluding hydrogens is 186 g/mol. The zero-order valence-corrected chi connectivity index (χ0v) is 8.94. The zero-order chi connectivity index (χ0) is 10.7. The fraction of sp³-hybridized carbons (Fsp3) is 0.231. The van der Waals surface area contributed by atoms with Gasteiger partial charge in [0.25, 0.3) is 0 Å². The summed E-state index contributed by atoms with van der Waals surface area (Å²) >= 11 is 0. The first-order valence-electron chi connectivity index (χ1n) is 5.17. The van der Waals surface area contributed by atoms with E-state index in [-0.39, 0.29) is 0 Å². The van der Waals surface area contributed by atoms with E-state index in [1.165, 1.54) is 10.9 Å². The Morgan fingerprint density at radius 1 is 1.40 bits per heavy atom. The minimum absolute atomic E-state index is 0.556. The predicted octanol–water partition coefficient (Wildman–Crippen LogP) is 3.23. The largest absolute Gasteiger partial charge is 0.490 e. The Bertz CT molecular complexity index is 470. The molecule has 1 heterocycles. The maximum Gasteiger partial charge on any atom is 0.120 e. The van der Waals surface area contributed by atoms with E-state index >= 15 is 0 Å². The average molecular weight is 201 g/mol. The van der Waals surface area contributed by atoms with Gasteiger partial charge in [-0.2, -0.15) is 0 Å². The van der Waals surface area contributed by atoms with E-state index in [1.807, 2.05) is 6.07 Å². The molecule has 0 aliphatic heterocycles. The molecular formula is C13H15NO. The van der Waals surface area contributed by atoms with Crippen molar-refractivity contribution in [2.75, 3.05) is 6.61 Å². The van der Waals surface area contributed by atoms with Gasteiger partial charge >= 0.3 is 0 Å². The first-order chi connectivity index (χ1) is 7.35. The third-order valence-electron chi connectivity index (χ3n) is 2.45. The first kappa shape index (κ1) is 9.84. The van der Waals surface area contributed by atoms with Gasteiger partial charge in [0, 0.05) is 23.6 Å². The number of rotatable bonds is 4. The quantitative estimate of drug-likeness (QED) is 0.693. The second-order valence-electron chi connectivity index (χ2n) is 3.42. The van der Waals surface area contributed by atoms with E-state index in [1.54, 1.807) is 6.08 Å². The summed E-state index contributed by atoms with van der Waals surface area (Å²) in [7, 11) is 0. The van der Waals surface area contributed by atoms with Crippen LogP contribution in [-0.2, 0) is 6.54 Å². The van der Waals surface area contributed by atoms with Crippen molar-refractivity contribution in [3.05, 3.63) is 43.1 Å². The van der Waals surface area contributed by atoms with Gasteiger partial charge in [0.15, 0.2) is 0 Å². The Kier molecular flexibility index (Phi) is 2.77. The predicted molar refractivity (Wildman–Crippen MR) is 63.3 cm³/mol. The molecule has 0 unspecified atom stereocenters. The number of aromatic nitrogens is 1. The molecule has 0 bridgehead atoms. The minimum atomic E-state index is 0.556. The zero-order valence-electron chi connectivity index (χ0n) is 8.94. The summed E-state index contributed by atoms with van der Waals surface area (Å²) in [6, 6.07) is 8.26. The van der Waals surface area contributed by atoms with Crippen molar-refractivity contribution < 1.29 is 4.74 Å². The van der Waals surface area contributed by atoms with Crippen LogP contribution in [0.5, 0.6) is 5.75 Å². The van der Waals surface area contributed by atoms with E-state index in [9.17, 15) is 0 Å². The van der Waals surface area contributed by atoms with Gasteiger partial charge in [0.2, 0.25) is 0 Å². The van der Waals surface area contributed by atoms with Crippen LogP contribution >= 0.6 is 0 Å². The molecule has 2 rings (SSSR count). The molecule has 0 N–H and O–H groups in total. The van der Waals surface area contributed by atoms with Gasteiger partial charge in [-0.3, -0.25) is 0 Å². The van der Waals surface area contributed by atoms with Gasteiger partial charge in [0.05, 0.1) is 0 Å². The monoisotopic (exact) mass is 201 g/mol. The van der Waals surface area contributed by atoms with Gasteiger partial charge < -0.3 is 9.30 Å². The van der Waals surface area contributed by atoms with E-state index in [0.717, 1.165) is 12.3 Å². The third-order valence-corrected chi connectivity index (χ3v) is 2.45. The highest BCUT2D eigenvalue weighted by Gasteiger charge is 2.00. The second-order valence-corrected chi connectivity index (χ2v) is 3.42. The summed E-state index contributed by atoms with van der Waals surface area (Å²) in [6.45, 7) is 7.32. The summed E-state index contributed by atoms with van der Waals surface area (Å²) < 4.78 is 7.69. The molecule has 0 fully saturated rings. The molecule has 1 aromatic heterocycles. The van der Waals surface area contributed by atoms with Crippen molar-refractivity contribution in [1.29, 1.82) is 0 Å². The Balaban J connectivity index is 2.35. The summed E-state index contributed by atoms with van der Waals surface area (Å²) in [4.78, 5) is 0. The van der Waals surface area contributed by atoms with E-state index in [0.29, 0.717) is 6.61 Å². The molecule has 2 heteroatoms. The molecule has 78 valence electrons. The summed E-state index contributed by atoms with van der Waals surface area (Å²) in [5.74, 6) is 0.899. The van der Waals surface area contributed by atoms with Crippen molar-refractivity contribution in [3.63, 3.8) is 0 Å². The van der Waals surface area contributed by atoms with Gasteiger partial charge in [-0.1, -0.05) is 12.7 Å². The van der Waals surface area contributed by atoms with Crippen LogP contribution in [0.2, 0.25) is 0 Å². The molecule has 0 radical (unpaired) electrons. The number of ether oxygens (including phenoxy) is 1. The molecule has 0 spiro atoms. The SMILES string of the molecule is C=CCOc1ccc2c(ccn2CC)c1. The first-order valence-corrected chi connectivity index (χ1v) is 5.17. The molecule has 0 aliphatic rings. The number of hydrogen-bond donors (Lipinski definition) is 0. The maximum atomic E-state index is 5.48. The van der Waals surface area contributed by atoms with Crippen LogP contribution < -0.4 is 4.74 Å². The summed E-state index contributed by atoms with van der Waals surface area (Å²) in [5, 5.41) is 1.22. The standard InChI is InChI=1S/C13H15NO/c1-3-9-15-12-5-6-13-11(10-12)7-8-14(13)4-2/h3,5-8,10H,1,4,9H2,2H3. The molecule has 0 atom stereocenters. The Morgan fingerprint density at radius 3 is 3.00 bits per heavy atom. The average Bonchev–Trinajstić information content (AvgIpc) is 2.68. The lowest BCUT2D eigenvalue weighted by molar-refractivity contribution is 0.364. The van der Waals surface area contributed by atoms with Gasteiger partial charge in [-0.05, 0) is 31.2 Å². The van der Waals surface area contributed by atoms with Crippen LogP contribution in [0.25, 0.3) is 10.9 Å². The van der Waals surface area contributed by atoms with Crippen molar-refractivity contribution >= 4 is 10.9 Å². The molecule has 0 amide bonds. The number of fused-ring (bicyclic) bond motifs is 1. The summed E-state index contributed by atoms with van der Waals surface area (Å²) in [6.07, 6.45) is 3.85. The fourth-order valence-corrected chi connectivity index (χ4v) is 1.70. The Labute approximate surface area is 89.8 Å². The van der Waals surface area contributed by atoms with Crippen LogP contribution in [0, 0.1) is 0 Å². The number of benzene rings is 1. The Morgan fingerprint density at radius 2 is 2.27 bits per heavy atom. The van der Waals surface area contributed by atoms with Crippen LogP contribution in [0.4, 0.5) is 0 Å². The normalized spacial score (nSPS) is 10.5. The molecule has 0 aliphatic carbocycles. The van der Waals surface area contributed by atoms with Crippen LogP contribution in [0.15, 0.2) is 43.1 Å². The summed E-state index contributed by atoms with van der Waals surface area (Å²) in [5.41, 5.74) is 1.25. The third kappa shape index (κ3) is 1.89. The molecule has 0 saturated carbocycles. The van der Waals surface area contributed by atoms with E-state index < -0.39 is 0 Å². The Hall–Kier alpha value is -1.70. The molecule has 2 nitrogen and oxygen atoms in total. The highest BCUT2D eigenvalue weighted by atomic mass is 16.5. The van der Waals surface area contributed by atoms with Crippen LogP contribution in [0.1, 0.15) is 6.92 Å². The lowest BCUT2D eigenvalue weighted by atomic mass is 10.2. The topological polar surface area (TPSA) is 14.2 Å². The number of hydrogen-bond acceptors (Lipinski definition) is 1. The minimum Gasteiger partial charge on any atom is -0.490 e. The van der Waals surface area contributed by atoms with Crippen molar-refractivity contribution in [3.8, 4) is 5.75 Å². The van der Waals surface area contributed by atoms with Gasteiger partial charge in [-0.15, -0.1) is 0 Å². The van der Waals surface area contributed by atoms with Crippen molar-refractivity contribution in [1.82, 2.24) is 4.57 Å². The highest BCUT2D eigenvalue weighted by Crippen LogP contribution is 2.21. The highest BCUT2D eigenvalue weighted by molar-refractivity contribution is 5.81. The lowest BCUT2D eigenvalue weighted by Crippen LogP contribution is -1.93. The molecule has 2 aromatic rings. The van der Waals surface area contributed by atoms with E-state index in [4.69, 9.17) is 4.74 Å². The number of aryl methyl sites for hydroxylation is 1. The van der Waals surface area contributed by atoms with Crippen molar-refractivity contribution in [2.45, 2.75) is 13.5 Å². The second kappa shape index (κ2) is 4.22. The number of nitrogens with zero attached hydrogens (tertiary/aromatic N) is 1.